The van der Waals surface area contributed by atoms with E-state index in [0.29, 0.717) is 25.1 Å². The third kappa shape index (κ3) is 3.88. The molecule has 1 saturated heterocycles. The van der Waals surface area contributed by atoms with Crippen LogP contribution in [0.5, 0.6) is 5.75 Å². The molecule has 0 spiro atoms. The Balaban J connectivity index is 1.59. The largest absolute Gasteiger partial charge is 0.494 e. The zero-order chi connectivity index (χ0) is 18.5. The second-order valence-corrected chi connectivity index (χ2v) is 6.58. The van der Waals surface area contributed by atoms with Gasteiger partial charge in [-0.3, -0.25) is 19.7 Å². The van der Waals surface area contributed by atoms with Gasteiger partial charge in [0.1, 0.15) is 11.8 Å². The molecule has 1 aromatic carbocycles. The summed E-state index contributed by atoms with van der Waals surface area (Å²) < 4.78 is 5.76. The highest BCUT2D eigenvalue weighted by Crippen LogP contribution is 2.30. The maximum absolute atomic E-state index is 12.6. The summed E-state index contributed by atoms with van der Waals surface area (Å²) in [5.41, 5.74) is 1.45. The lowest BCUT2D eigenvalue weighted by Crippen LogP contribution is -2.52. The molecule has 2 aliphatic rings. The molecule has 0 aliphatic carbocycles. The third-order valence-corrected chi connectivity index (χ3v) is 4.73. The van der Waals surface area contributed by atoms with Gasteiger partial charge in [0, 0.05) is 24.9 Å². The monoisotopic (exact) mass is 354 g/mol. The van der Waals surface area contributed by atoms with E-state index in [9.17, 15) is 14.4 Å². The lowest BCUT2D eigenvalue weighted by atomic mass is 10.0. The van der Waals surface area contributed by atoms with Crippen molar-refractivity contribution in [2.24, 2.45) is 0 Å². The van der Waals surface area contributed by atoms with E-state index in [2.05, 4.69) is 11.2 Å². The number of carbonyl (C=O) groups excluding carboxylic acids is 3. The number of ether oxygens (including phenoxy) is 1. The molecule has 0 radical (unpaired) electrons. The molecule has 2 aliphatic heterocycles. The minimum absolute atomic E-state index is 0.171. The number of amides is 3. The van der Waals surface area contributed by atoms with E-state index in [1.165, 1.54) is 4.90 Å². The third-order valence-electron chi connectivity index (χ3n) is 4.73. The van der Waals surface area contributed by atoms with E-state index in [1.54, 1.807) is 12.1 Å². The van der Waals surface area contributed by atoms with E-state index >= 15 is 0 Å². The van der Waals surface area contributed by atoms with Crippen molar-refractivity contribution in [3.05, 3.63) is 29.3 Å². The first-order chi connectivity index (χ1) is 12.6. The Bertz CT molecular complexity index is 766. The number of nitrogens with zero attached hydrogens (tertiary/aromatic N) is 1. The first-order valence-corrected chi connectivity index (χ1v) is 8.94. The second kappa shape index (κ2) is 8.05. The number of piperidine rings is 1. The SMILES string of the molecule is C#CCCCCCOc1ccc2c(c1)CN(C1CCC(=O)NC1=O)C2=O. The Morgan fingerprint density at radius 2 is 2.08 bits per heavy atom. The molecule has 0 aromatic heterocycles. The van der Waals surface area contributed by atoms with Gasteiger partial charge in [0.05, 0.1) is 6.61 Å². The fraction of sp³-hybridized carbons (Fsp3) is 0.450. The Morgan fingerprint density at radius 1 is 1.23 bits per heavy atom. The van der Waals surface area contributed by atoms with Gasteiger partial charge < -0.3 is 9.64 Å². The summed E-state index contributed by atoms with van der Waals surface area (Å²) in [7, 11) is 0. The maximum Gasteiger partial charge on any atom is 0.255 e. The molecule has 1 N–H and O–H groups in total. The fourth-order valence-electron chi connectivity index (χ4n) is 3.34. The summed E-state index contributed by atoms with van der Waals surface area (Å²) in [6.45, 7) is 0.966. The van der Waals surface area contributed by atoms with E-state index in [1.807, 2.05) is 6.07 Å². The summed E-state index contributed by atoms with van der Waals surface area (Å²) in [6, 6.07) is 4.80. The topological polar surface area (TPSA) is 75.7 Å². The number of imide groups is 1. The van der Waals surface area contributed by atoms with Crippen LogP contribution in [0.15, 0.2) is 18.2 Å². The number of hydrogen-bond acceptors (Lipinski definition) is 4. The average molecular weight is 354 g/mol. The normalized spacial score (nSPS) is 19.1. The standard InChI is InChI=1S/C20H22N2O4/c1-2-3-4-5-6-11-26-15-7-8-16-14(12-15)13-22(20(16)25)17-9-10-18(23)21-19(17)24/h1,7-8,12,17H,3-6,9-11,13H2,(H,21,23,24). The van der Waals surface area contributed by atoms with Crippen LogP contribution < -0.4 is 10.1 Å². The van der Waals surface area contributed by atoms with Crippen LogP contribution in [0, 0.1) is 12.3 Å². The quantitative estimate of drug-likeness (QED) is 0.462. The van der Waals surface area contributed by atoms with Crippen LogP contribution in [-0.4, -0.2) is 35.3 Å². The molecule has 0 bridgehead atoms. The van der Waals surface area contributed by atoms with Crippen molar-refractivity contribution in [2.45, 2.75) is 51.1 Å². The smallest absolute Gasteiger partial charge is 0.255 e. The number of fused-ring (bicyclic) bond motifs is 1. The molecule has 3 amide bonds. The molecule has 2 heterocycles. The number of terminal acetylenes is 1. The van der Waals surface area contributed by atoms with Crippen molar-refractivity contribution < 1.29 is 19.1 Å². The van der Waals surface area contributed by atoms with Gasteiger partial charge in [-0.05, 0) is 49.4 Å². The number of benzene rings is 1. The Kier molecular flexibility index (Phi) is 5.57. The molecule has 1 unspecified atom stereocenters. The predicted molar refractivity (Wildman–Crippen MR) is 95.3 cm³/mol. The average Bonchev–Trinajstić information content (AvgIpc) is 2.94. The molecular weight excluding hydrogens is 332 g/mol. The maximum atomic E-state index is 12.6. The summed E-state index contributed by atoms with van der Waals surface area (Å²) in [6.07, 6.45) is 9.59. The van der Waals surface area contributed by atoms with Gasteiger partial charge in [-0.25, -0.2) is 0 Å². The van der Waals surface area contributed by atoms with Crippen LogP contribution in [0.1, 0.15) is 54.4 Å². The van der Waals surface area contributed by atoms with Crippen molar-refractivity contribution in [2.75, 3.05) is 6.61 Å². The highest BCUT2D eigenvalue weighted by atomic mass is 16.5. The van der Waals surface area contributed by atoms with Crippen LogP contribution >= 0.6 is 0 Å². The Labute approximate surface area is 152 Å². The van der Waals surface area contributed by atoms with Crippen molar-refractivity contribution in [1.82, 2.24) is 10.2 Å². The highest BCUT2D eigenvalue weighted by molar-refractivity contribution is 6.05. The van der Waals surface area contributed by atoms with Crippen molar-refractivity contribution in [1.29, 1.82) is 0 Å². The zero-order valence-electron chi connectivity index (χ0n) is 14.6. The van der Waals surface area contributed by atoms with E-state index in [-0.39, 0.29) is 18.2 Å². The number of hydrogen-bond donors (Lipinski definition) is 1. The highest BCUT2D eigenvalue weighted by Gasteiger charge is 2.39. The lowest BCUT2D eigenvalue weighted by Gasteiger charge is -2.29. The van der Waals surface area contributed by atoms with Gasteiger partial charge in [0.2, 0.25) is 11.8 Å². The van der Waals surface area contributed by atoms with E-state index in [0.717, 1.165) is 37.0 Å². The predicted octanol–water partition coefficient (Wildman–Crippen LogP) is 2.02. The lowest BCUT2D eigenvalue weighted by molar-refractivity contribution is -0.136. The second-order valence-electron chi connectivity index (χ2n) is 6.58. The van der Waals surface area contributed by atoms with Gasteiger partial charge >= 0.3 is 0 Å². The van der Waals surface area contributed by atoms with Crippen molar-refractivity contribution in [3.8, 4) is 18.1 Å². The van der Waals surface area contributed by atoms with Crippen LogP contribution in [0.3, 0.4) is 0 Å². The molecule has 1 aromatic rings. The van der Waals surface area contributed by atoms with Crippen LogP contribution in [0.2, 0.25) is 0 Å². The number of nitrogens with one attached hydrogen (secondary N) is 1. The summed E-state index contributed by atoms with van der Waals surface area (Å²) in [5.74, 6) is 2.49. The summed E-state index contributed by atoms with van der Waals surface area (Å²) in [5, 5.41) is 2.31. The molecule has 6 nitrogen and oxygen atoms in total. The number of unbranched alkanes of at least 4 members (excludes halogenated alkanes) is 3. The number of rotatable bonds is 7. The van der Waals surface area contributed by atoms with Crippen LogP contribution in [0.4, 0.5) is 0 Å². The van der Waals surface area contributed by atoms with Crippen molar-refractivity contribution >= 4 is 17.7 Å². The molecule has 0 saturated carbocycles. The zero-order valence-corrected chi connectivity index (χ0v) is 14.6. The molecule has 26 heavy (non-hydrogen) atoms. The van der Waals surface area contributed by atoms with E-state index < -0.39 is 11.9 Å². The van der Waals surface area contributed by atoms with Gasteiger partial charge in [0.15, 0.2) is 0 Å². The van der Waals surface area contributed by atoms with Crippen LogP contribution in [0.25, 0.3) is 0 Å². The van der Waals surface area contributed by atoms with Crippen LogP contribution in [-0.2, 0) is 16.1 Å². The molecular formula is C20H22N2O4. The summed E-state index contributed by atoms with van der Waals surface area (Å²) in [4.78, 5) is 37.5. The molecule has 3 rings (SSSR count). The Hall–Kier alpha value is -2.81. The minimum atomic E-state index is -0.590. The molecule has 1 fully saturated rings. The van der Waals surface area contributed by atoms with Gasteiger partial charge in [-0.1, -0.05) is 0 Å². The van der Waals surface area contributed by atoms with Gasteiger partial charge in [-0.2, -0.15) is 0 Å². The fourth-order valence-corrected chi connectivity index (χ4v) is 3.34. The first kappa shape index (κ1) is 18.0. The molecule has 1 atom stereocenters. The van der Waals surface area contributed by atoms with Gasteiger partial charge in [-0.15, -0.1) is 12.3 Å². The summed E-state index contributed by atoms with van der Waals surface area (Å²) >= 11 is 0. The molecule has 6 heteroatoms. The Morgan fingerprint density at radius 3 is 2.85 bits per heavy atom. The minimum Gasteiger partial charge on any atom is -0.494 e. The van der Waals surface area contributed by atoms with E-state index in [4.69, 9.17) is 11.2 Å². The molecule has 136 valence electrons. The van der Waals surface area contributed by atoms with Crippen molar-refractivity contribution in [3.63, 3.8) is 0 Å². The first-order valence-electron chi connectivity index (χ1n) is 8.94. The van der Waals surface area contributed by atoms with Gasteiger partial charge in [0.25, 0.3) is 5.91 Å². The number of carbonyl (C=O) groups is 3.